The molecule has 4 fully saturated rings. The number of ether oxygens (including phenoxy) is 11. The third-order valence-electron chi connectivity index (χ3n) is 15.1. The Bertz CT molecular complexity index is 2270. The summed E-state index contributed by atoms with van der Waals surface area (Å²) in [6.07, 6.45) is 14.4. The van der Waals surface area contributed by atoms with Gasteiger partial charge in [-0.25, -0.2) is 4.79 Å². The largest absolute Gasteiger partial charge is 0.462 e. The highest BCUT2D eigenvalue weighted by molar-refractivity contribution is 8.13. The highest BCUT2D eigenvalue weighted by atomic mass is 32.0. The molecular formula is C59H91NO19P4. The third-order valence-corrected chi connectivity index (χ3v) is 18.3. The normalized spacial score (nSPS) is 41.8. The van der Waals surface area contributed by atoms with E-state index in [0.717, 1.165) is 0 Å². The fourth-order valence-corrected chi connectivity index (χ4v) is 12.6. The quantitative estimate of drug-likeness (QED) is 0.0507. The lowest BCUT2D eigenvalue weighted by molar-refractivity contribution is -0.326. The lowest BCUT2D eigenvalue weighted by atomic mass is 9.82. The van der Waals surface area contributed by atoms with E-state index in [0.29, 0.717) is 12.8 Å². The van der Waals surface area contributed by atoms with Gasteiger partial charge in [0.25, 0.3) is 0 Å². The van der Waals surface area contributed by atoms with E-state index < -0.39 is 143 Å². The number of carbonyl (C=O) groups excluding carboxylic acids is 3. The number of fused-ring (bicyclic) bond motifs is 6. The number of rotatable bonds is 11. The number of alkyl carbamates (subject to hydrolysis) is 1. The number of allylic oxidation sites excluding steroid dienone is 12. The summed E-state index contributed by atoms with van der Waals surface area (Å²) in [4.78, 5) is 40.1. The summed E-state index contributed by atoms with van der Waals surface area (Å²) in [7, 11) is 5.14. The number of amides is 1. The van der Waals surface area contributed by atoms with Crippen LogP contribution in [0, 0.1) is 17.8 Å². The molecule has 466 valence electrons. The van der Waals surface area contributed by atoms with Gasteiger partial charge in [0.1, 0.15) is 37.4 Å². The van der Waals surface area contributed by atoms with Crippen molar-refractivity contribution in [2.45, 2.75) is 189 Å². The summed E-state index contributed by atoms with van der Waals surface area (Å²) in [5, 5.41) is 60.5. The minimum absolute atomic E-state index is 0.0202. The fraction of sp³-hybridized carbons (Fsp3) is 0.644. The molecule has 4 saturated heterocycles. The first kappa shape index (κ1) is 70.8. The fourth-order valence-electron chi connectivity index (χ4n) is 10.3. The van der Waals surface area contributed by atoms with Crippen LogP contribution in [0.3, 0.4) is 0 Å². The van der Waals surface area contributed by atoms with Crippen molar-refractivity contribution < 1.29 is 92.0 Å². The molecule has 5 aliphatic heterocycles. The molecule has 20 nitrogen and oxygen atoms in total. The molecule has 0 radical (unpaired) electrons. The molecule has 5 rings (SSSR count). The van der Waals surface area contributed by atoms with E-state index in [1.807, 2.05) is 81.9 Å². The molecule has 83 heavy (non-hydrogen) atoms. The second-order valence-corrected chi connectivity index (χ2v) is 30.1. The molecule has 8 unspecified atom stereocenters. The van der Waals surface area contributed by atoms with E-state index >= 15 is 0 Å². The number of hydrogen-bond donors (Lipinski definition) is 6. The van der Waals surface area contributed by atoms with Crippen molar-refractivity contribution in [2.75, 3.05) is 33.7 Å². The minimum atomic E-state index is -1.63. The van der Waals surface area contributed by atoms with Crippen molar-refractivity contribution in [3.8, 4) is 0 Å². The molecule has 25 atom stereocenters. The number of carbonyl (C=O) groups is 3. The number of nitrogens with one attached hydrogen (secondary N) is 1. The average molecular weight is 1240 g/mol. The van der Waals surface area contributed by atoms with Crippen molar-refractivity contribution in [1.29, 1.82) is 0 Å². The smallest absolute Gasteiger partial charge is 0.407 e. The van der Waals surface area contributed by atoms with E-state index in [9.17, 15) is 39.9 Å². The van der Waals surface area contributed by atoms with Crippen LogP contribution in [-0.2, 0) is 61.7 Å². The Labute approximate surface area is 496 Å². The van der Waals surface area contributed by atoms with Crippen LogP contribution in [0.25, 0.3) is 0 Å². The van der Waals surface area contributed by atoms with Gasteiger partial charge in [-0.2, -0.15) is 0 Å². The second-order valence-electron chi connectivity index (χ2n) is 21.7. The Kier molecular flexibility index (Phi) is 30.5. The lowest BCUT2D eigenvalue weighted by Gasteiger charge is -2.49. The average Bonchev–Trinajstić information content (AvgIpc) is 3.33. The molecule has 0 aromatic heterocycles. The van der Waals surface area contributed by atoms with Gasteiger partial charge in [-0.1, -0.05) is 124 Å². The Balaban J connectivity index is 1.49. The van der Waals surface area contributed by atoms with E-state index in [1.165, 1.54) is 19.3 Å². The van der Waals surface area contributed by atoms with Gasteiger partial charge >= 0.3 is 18.0 Å². The maximum atomic E-state index is 14.0. The first-order valence-electron chi connectivity index (χ1n) is 28.3. The van der Waals surface area contributed by atoms with Crippen molar-refractivity contribution >= 4 is 51.1 Å². The Morgan fingerprint density at radius 3 is 1.88 bits per heavy atom. The molecule has 6 N–H and O–H groups in total. The molecule has 1 amide bonds. The van der Waals surface area contributed by atoms with Gasteiger partial charge < -0.3 is 83.0 Å². The molecule has 0 aromatic rings. The van der Waals surface area contributed by atoms with Gasteiger partial charge in [-0.05, 0) is 55.2 Å². The van der Waals surface area contributed by atoms with Crippen LogP contribution in [0.1, 0.15) is 79.1 Å². The Morgan fingerprint density at radius 1 is 0.687 bits per heavy atom. The predicted octanol–water partition coefficient (Wildman–Crippen LogP) is 7.46. The van der Waals surface area contributed by atoms with E-state index in [2.05, 4.69) is 36.3 Å². The van der Waals surface area contributed by atoms with Crippen molar-refractivity contribution in [3.63, 3.8) is 0 Å². The van der Waals surface area contributed by atoms with Crippen LogP contribution in [0.4, 0.5) is 4.79 Å². The standard InChI is InChI=1S/C59H91NO19P4/c1-10-28-70-54(67)49-45(62)35-59(69-7)34-43-32-46(78-58(77-43)83(9)81)44(61)27-26-41-30-42(76-57(75-41)82(8)80)33-48(63)72-38(5)37(4)51(64)36(3)24-22-20-18-16-14-12-13-15-17-19-21-23-25-40(31-47(49)79-59)74-55-53(66)50(52(65)39(6)73-55)60-56(68)71-29-11-2/h10-25,36-47,49-53,55,57-58,61-62,64-66H,1-2,26-35,80-81H2,3-9H3,(H,60,68)/b13-12+,16-14+,17-15+,20-18+,21-19+,24-22+,25-23+/t36-,37-,38-,39+,40-,41+,42+,43-,44+,45-,46+,47?,49+,50-,51+,52+,53?,55-,57?,58?,59+,82?,83?/m0/s1. The van der Waals surface area contributed by atoms with Gasteiger partial charge in [0, 0.05) is 51.0 Å². The van der Waals surface area contributed by atoms with Crippen molar-refractivity contribution in [3.05, 3.63) is 110 Å². The Hall–Kier alpha value is -2.93. The topological polar surface area (TPSA) is 266 Å². The summed E-state index contributed by atoms with van der Waals surface area (Å²) < 4.78 is 67.8. The van der Waals surface area contributed by atoms with Crippen LogP contribution in [-0.4, -0.2) is 187 Å². The molecule has 24 heteroatoms. The molecule has 5 aliphatic rings. The zero-order valence-electron chi connectivity index (χ0n) is 48.8. The van der Waals surface area contributed by atoms with Crippen LogP contribution in [0.2, 0.25) is 0 Å². The Morgan fingerprint density at radius 2 is 1.27 bits per heavy atom. The highest BCUT2D eigenvalue weighted by Gasteiger charge is 2.54. The summed E-state index contributed by atoms with van der Waals surface area (Å²) in [6.45, 7) is 18.0. The molecule has 0 aromatic carbocycles. The van der Waals surface area contributed by atoms with Crippen LogP contribution in [0.5, 0.6) is 0 Å². The number of aliphatic hydroxyl groups is 5. The van der Waals surface area contributed by atoms with Gasteiger partial charge in [0.2, 0.25) is 0 Å². The molecular weight excluding hydrogens is 1150 g/mol. The molecule has 5 heterocycles. The van der Waals surface area contributed by atoms with Gasteiger partial charge in [-0.15, -0.1) is 17.9 Å². The number of aliphatic hydroxyl groups excluding tert-OH is 5. The lowest BCUT2D eigenvalue weighted by Crippen LogP contribution is -2.64. The number of esters is 2. The summed E-state index contributed by atoms with van der Waals surface area (Å²) in [5.74, 6) is -4.70. The van der Waals surface area contributed by atoms with E-state index in [4.69, 9.17) is 52.1 Å². The molecule has 0 saturated carbocycles. The monoisotopic (exact) mass is 1240 g/mol. The summed E-state index contributed by atoms with van der Waals surface area (Å²) in [5.41, 5.74) is 0. The predicted molar refractivity (Wildman–Crippen MR) is 324 cm³/mol. The maximum Gasteiger partial charge on any atom is 0.407 e. The first-order chi connectivity index (χ1) is 39.6. The zero-order valence-corrected chi connectivity index (χ0v) is 52.9. The highest BCUT2D eigenvalue weighted by Crippen LogP contribution is 2.52. The minimum Gasteiger partial charge on any atom is -0.462 e. The number of cyclic esters (lactones) is 1. The third kappa shape index (κ3) is 22.3. The van der Waals surface area contributed by atoms with Gasteiger partial charge in [0.05, 0.1) is 73.5 Å². The van der Waals surface area contributed by atoms with Crippen molar-refractivity contribution in [2.24, 2.45) is 17.8 Å². The van der Waals surface area contributed by atoms with Gasteiger partial charge in [0.15, 0.2) is 24.1 Å². The number of hydrogen-bond acceptors (Lipinski definition) is 19. The molecule has 0 aliphatic carbocycles. The zero-order chi connectivity index (χ0) is 60.8. The first-order valence-corrected chi connectivity index (χ1v) is 35.2. The summed E-state index contributed by atoms with van der Waals surface area (Å²) in [6, 6.07) is -2.61. The van der Waals surface area contributed by atoms with E-state index in [-0.39, 0.29) is 69.7 Å². The molecule has 0 spiro atoms. The van der Waals surface area contributed by atoms with Crippen LogP contribution < -0.4 is 5.32 Å². The second kappa shape index (κ2) is 35.8. The van der Waals surface area contributed by atoms with Crippen LogP contribution in [0.15, 0.2) is 110 Å². The SMILES string of the molecule is C=CCOC(=O)N[C@@H]1C(O)[C@H](O[C@H]2/C=C/C=C/C=C/C=C/C=C/C=C/C=C/[C@H](C)[C@@H](O)[C@@H](C)[C@H](C)OC(=O)C[C@H]3C[C@@H](CC[C@@H](O)[C@H]4C[C@@H](C[C@]5(OC)C[C@H](O)[C@@H](C(=O)OCC=C)C(C2)O5)OC(P(C)P)O4)OC(P(C)P)O3)O[C@H](C)[C@H]1O. The summed E-state index contributed by atoms with van der Waals surface area (Å²) >= 11 is 0. The molecule has 6 bridgehead atoms. The van der Waals surface area contributed by atoms with Gasteiger partial charge in [-0.3, -0.25) is 9.59 Å². The van der Waals surface area contributed by atoms with E-state index in [1.54, 1.807) is 44.2 Å². The maximum absolute atomic E-state index is 14.0. The number of methoxy groups -OCH3 is 1. The van der Waals surface area contributed by atoms with Crippen LogP contribution >= 0.6 is 33.1 Å². The van der Waals surface area contributed by atoms with Crippen molar-refractivity contribution in [1.82, 2.24) is 5.32 Å².